The van der Waals surface area contributed by atoms with Crippen LogP contribution in [0.15, 0.2) is 30.1 Å². The third-order valence-electron chi connectivity index (χ3n) is 17.7. The molecule has 0 aliphatic carbocycles. The fraction of sp³-hybridized carbons (Fsp3) is 0.732. The summed E-state index contributed by atoms with van der Waals surface area (Å²) in [6, 6.07) is -13.6. The maximum absolute atomic E-state index is 14.8. The smallest absolute Gasteiger partial charge is 0.326 e. The number of nitrogens with one attached hydrogen (secondary N) is 13. The van der Waals surface area contributed by atoms with Crippen LogP contribution in [0.25, 0.3) is 10.4 Å². The van der Waals surface area contributed by atoms with Crippen molar-refractivity contribution in [2.45, 2.75) is 202 Å². The van der Waals surface area contributed by atoms with Crippen LogP contribution in [0, 0.1) is 0 Å². The zero-order valence-corrected chi connectivity index (χ0v) is 69.9. The lowest BCUT2D eigenvalue weighted by Crippen LogP contribution is -2.59. The quantitative estimate of drug-likeness (QED) is 0.00672. The van der Waals surface area contributed by atoms with Gasteiger partial charge in [0.1, 0.15) is 67.6 Å². The van der Waals surface area contributed by atoms with Gasteiger partial charge in [-0.3, -0.25) is 87.3 Å². The Morgan fingerprint density at radius 2 is 0.764 bits per heavy atom. The van der Waals surface area contributed by atoms with Gasteiger partial charge in [-0.05, 0) is 153 Å². The molecule has 0 radical (unpaired) electrons. The molecule has 696 valence electrons. The lowest BCUT2D eigenvalue weighted by molar-refractivity contribution is -0.143. The van der Waals surface area contributed by atoms with Crippen molar-refractivity contribution in [1.82, 2.24) is 69.1 Å². The summed E-state index contributed by atoms with van der Waals surface area (Å²) in [5.41, 5.74) is 75.9. The number of unbranched alkanes of at least 4 members (excludes halogenated alkanes) is 2. The van der Waals surface area contributed by atoms with Crippen molar-refractivity contribution in [3.63, 3.8) is 0 Å². The molecule has 1 aliphatic rings. The van der Waals surface area contributed by atoms with Gasteiger partial charge in [0.05, 0.1) is 46.2 Å². The first kappa shape index (κ1) is 109. The van der Waals surface area contributed by atoms with Crippen molar-refractivity contribution in [3.05, 3.63) is 10.4 Å². The number of amides is 13. The van der Waals surface area contributed by atoms with Gasteiger partial charge in [0.15, 0.2) is 29.8 Å². The number of rotatable bonds is 50. The number of hydrogen-bond acceptors (Lipinski definition) is 26. The van der Waals surface area contributed by atoms with Crippen LogP contribution in [0.5, 0.6) is 0 Å². The number of aliphatic imine (C=N–C) groups is 5. The molecular formula is C71H133N33O19. The Morgan fingerprint density at radius 1 is 0.398 bits per heavy atom. The van der Waals surface area contributed by atoms with Crippen molar-refractivity contribution in [2.75, 3.05) is 131 Å². The third-order valence-corrected chi connectivity index (χ3v) is 17.7. The zero-order chi connectivity index (χ0) is 91.5. The summed E-state index contributed by atoms with van der Waals surface area (Å²) in [6.45, 7) is -1.01. The first-order valence-corrected chi connectivity index (χ1v) is 40.8. The fourth-order valence-electron chi connectivity index (χ4n) is 11.4. The Balaban J connectivity index is 3.95. The van der Waals surface area contributed by atoms with Crippen molar-refractivity contribution >= 4 is 113 Å². The lowest BCUT2D eigenvalue weighted by atomic mass is 10.0. The Hall–Kier alpha value is -12.0. The molecule has 1 heterocycles. The van der Waals surface area contributed by atoms with E-state index >= 15 is 0 Å². The predicted molar refractivity (Wildman–Crippen MR) is 452 cm³/mol. The lowest BCUT2D eigenvalue weighted by Gasteiger charge is -2.27. The van der Waals surface area contributed by atoms with Crippen molar-refractivity contribution in [3.8, 4) is 0 Å². The number of carbonyl (C=O) groups excluding carboxylic acids is 13. The standard InChI is InChI=1S/C71H133N33O19/c72-24-4-1-13-47-61(113)99-48(14-2-5-25-73)62(114)102-51(20-11-31-92-71(82)83)65(117)103-52(66(118)119)22-23-54(106)85-26-6-3-15-45(96-57(109)43-123-40-38-121-36-34-87-56(108)42-122-39-37-120-35-33-86-53(105)21-12-32-94-104-84)59(111)100-50(19-10-30-91-70(80)81)64(116)101-49(18-9-29-90-69(78)79)63(115)97-44(16-7-27-88-67(74)75)58(110)93-41-55(107)95-46(60(112)98-47)17-8-28-89-68(76)77/h44-52H,1-43,72-73H2,(H,85,106)(H,86,105)(H,87,108)(H,93,110)(H,95,107)(H,96,109)(H,97,115)(H,98,112)(H,99,113)(H,100,111)(H,101,116)(H,102,114)(H,103,117)(H,118,119)(H4,74,75,88)(H4,76,77,89)(H4,78,79,90)(H4,80,81,91)(H4,82,83,92)/t44-,45+,46-,47?,48?,49?,50-,51+,52?/m1/s1. The molecule has 1 fully saturated rings. The molecule has 1 aliphatic heterocycles. The number of nitrogens with zero attached hydrogens (tertiary/aromatic N) is 8. The summed E-state index contributed by atoms with van der Waals surface area (Å²) in [5.74, 6) is -13.8. The highest BCUT2D eigenvalue weighted by Gasteiger charge is 2.35. The number of guanidine groups is 5. The van der Waals surface area contributed by atoms with E-state index < -0.39 is 157 Å². The van der Waals surface area contributed by atoms with Crippen molar-refractivity contribution in [2.24, 2.45) is 98.9 Å². The van der Waals surface area contributed by atoms with Gasteiger partial charge in [-0.2, -0.15) is 0 Å². The van der Waals surface area contributed by atoms with Crippen LogP contribution in [-0.4, -0.2) is 303 Å². The van der Waals surface area contributed by atoms with Crippen LogP contribution in [-0.2, 0) is 86.1 Å². The van der Waals surface area contributed by atoms with E-state index in [9.17, 15) is 72.2 Å². The van der Waals surface area contributed by atoms with Gasteiger partial charge >= 0.3 is 5.97 Å². The van der Waals surface area contributed by atoms with Crippen molar-refractivity contribution in [1.29, 1.82) is 0 Å². The number of carboxylic acid groups (broad SMARTS) is 1. The highest BCUT2D eigenvalue weighted by atomic mass is 16.5. The number of nitrogens with two attached hydrogens (primary N) is 12. The summed E-state index contributed by atoms with van der Waals surface area (Å²) in [5, 5.41) is 47.5. The molecule has 1 saturated heterocycles. The number of carbonyl (C=O) groups is 14. The van der Waals surface area contributed by atoms with E-state index in [0.29, 0.717) is 19.3 Å². The second kappa shape index (κ2) is 67.6. The second-order valence-corrected chi connectivity index (χ2v) is 28.0. The summed E-state index contributed by atoms with van der Waals surface area (Å²) < 4.78 is 21.8. The van der Waals surface area contributed by atoms with Crippen LogP contribution in [0.1, 0.15) is 148 Å². The molecular weight excluding hydrogens is 1620 g/mol. The number of hydrogen-bond donors (Lipinski definition) is 26. The molecule has 52 nitrogen and oxygen atoms in total. The van der Waals surface area contributed by atoms with E-state index in [0.717, 1.165) is 0 Å². The first-order valence-electron chi connectivity index (χ1n) is 40.8. The SMILES string of the molecule is [N-]=[N+]=NCCCC(=O)NCCOCCOCC(=O)NCCOCCOCC(=O)N[C@H]1CCCCNC(=O)CCC(C(=O)O)NC(=O)[C@H](CCCN=C(N)N)NC(=O)C(CCCCN)NC(=O)C(CCCCN)NC(=O)[C@@H](CCCN=C(N)N)NC(=O)CNC(=O)[C@@H](CCCN=C(N)N)NC(=O)C(CCCN=C(N)N)NC(=O)[C@@H](CCCN=C(N)N)NC1=O. The van der Waals surface area contributed by atoms with Gasteiger partial charge in [-0.1, -0.05) is 5.11 Å². The maximum Gasteiger partial charge on any atom is 0.326 e. The highest BCUT2D eigenvalue weighted by molar-refractivity contribution is 5.99. The molecule has 1 rings (SSSR count). The minimum absolute atomic E-state index is 0.0193. The number of carboxylic acids is 1. The van der Waals surface area contributed by atoms with Crippen LogP contribution >= 0.6 is 0 Å². The van der Waals surface area contributed by atoms with Gasteiger partial charge in [-0.25, -0.2) is 4.79 Å². The predicted octanol–water partition coefficient (Wildman–Crippen LogP) is -10.5. The third kappa shape index (κ3) is 56.3. The van der Waals surface area contributed by atoms with E-state index in [2.05, 4.69) is 104 Å². The van der Waals surface area contributed by atoms with Gasteiger partial charge in [0, 0.05) is 76.7 Å². The van der Waals surface area contributed by atoms with Crippen LogP contribution in [0.2, 0.25) is 0 Å². The van der Waals surface area contributed by atoms with E-state index in [4.69, 9.17) is 93.3 Å². The van der Waals surface area contributed by atoms with Crippen LogP contribution in [0.3, 0.4) is 0 Å². The molecule has 0 saturated carbocycles. The molecule has 4 unspecified atom stereocenters. The van der Waals surface area contributed by atoms with Crippen LogP contribution < -0.4 is 138 Å². The molecule has 52 heteroatoms. The largest absolute Gasteiger partial charge is 0.480 e. The summed E-state index contributed by atoms with van der Waals surface area (Å²) in [6.07, 6.45) is -0.0654. The molecule has 13 amide bonds. The van der Waals surface area contributed by atoms with E-state index in [1.807, 2.05) is 0 Å². The van der Waals surface area contributed by atoms with E-state index in [-0.39, 0.29) is 270 Å². The Morgan fingerprint density at radius 3 is 1.16 bits per heavy atom. The topological polar surface area (TPSA) is 875 Å². The molecule has 0 aromatic heterocycles. The first-order chi connectivity index (χ1) is 58.8. The molecule has 0 aromatic carbocycles. The number of ether oxygens (including phenoxy) is 4. The van der Waals surface area contributed by atoms with Gasteiger partial charge in [0.2, 0.25) is 76.8 Å². The molecule has 0 aromatic rings. The molecule has 9 atom stereocenters. The van der Waals surface area contributed by atoms with Gasteiger partial charge in [-0.15, -0.1) is 0 Å². The Labute approximate surface area is 713 Å². The fourth-order valence-corrected chi connectivity index (χ4v) is 11.4. The summed E-state index contributed by atoms with van der Waals surface area (Å²) in [7, 11) is 0. The minimum atomic E-state index is -1.72. The Kier molecular flexibility index (Phi) is 59.9. The minimum Gasteiger partial charge on any atom is -0.480 e. The van der Waals surface area contributed by atoms with Gasteiger partial charge in [0.25, 0.3) is 0 Å². The Bertz CT molecular complexity index is 3460. The van der Waals surface area contributed by atoms with Gasteiger partial charge < -0.3 is 162 Å². The second-order valence-electron chi connectivity index (χ2n) is 28.0. The normalized spacial score (nSPS) is 19.8. The monoisotopic (exact) mass is 1750 g/mol. The average molecular weight is 1750 g/mol. The van der Waals surface area contributed by atoms with E-state index in [1.54, 1.807) is 0 Å². The molecule has 0 spiro atoms. The highest BCUT2D eigenvalue weighted by Crippen LogP contribution is 2.13. The molecule has 0 bridgehead atoms. The zero-order valence-electron chi connectivity index (χ0n) is 69.9. The molecule has 123 heavy (non-hydrogen) atoms. The maximum atomic E-state index is 14.8. The van der Waals surface area contributed by atoms with Crippen molar-refractivity contribution < 1.29 is 91.2 Å². The molecule has 38 N–H and O–H groups in total. The van der Waals surface area contributed by atoms with E-state index in [1.165, 1.54) is 0 Å². The van der Waals surface area contributed by atoms with Crippen LogP contribution in [0.4, 0.5) is 0 Å². The number of azide groups is 1. The summed E-state index contributed by atoms with van der Waals surface area (Å²) in [4.78, 5) is 217. The average Bonchev–Trinajstić information content (AvgIpc) is 0.862. The number of aliphatic carboxylic acids is 1. The summed E-state index contributed by atoms with van der Waals surface area (Å²) >= 11 is 0.